The highest BCUT2D eigenvalue weighted by atomic mass is 79.9. The zero-order valence-corrected chi connectivity index (χ0v) is 9.91. The van der Waals surface area contributed by atoms with Gasteiger partial charge in [0.05, 0.1) is 6.61 Å². The van der Waals surface area contributed by atoms with Gasteiger partial charge in [-0.2, -0.15) is 0 Å². The Morgan fingerprint density at radius 3 is 2.87 bits per heavy atom. The number of nitrogen functional groups attached to an aromatic ring is 1. The molecule has 0 aliphatic heterocycles. The standard InChI is InChI=1S/C10H13BrN2O2/c1-6(5-14)13-10(15)7-2-3-8(11)9(12)4-7/h2-4,6,14H,5,12H2,1H3,(H,13,15). The fraction of sp³-hybridized carbons (Fsp3) is 0.300. The maximum Gasteiger partial charge on any atom is 0.251 e. The van der Waals surface area contributed by atoms with Gasteiger partial charge in [-0.05, 0) is 41.1 Å². The fourth-order valence-corrected chi connectivity index (χ4v) is 1.28. The van der Waals surface area contributed by atoms with Crippen LogP contribution in [0.4, 0.5) is 5.69 Å². The first-order chi connectivity index (χ1) is 7.04. The average molecular weight is 273 g/mol. The van der Waals surface area contributed by atoms with Gasteiger partial charge in [0, 0.05) is 21.8 Å². The molecule has 0 spiro atoms. The van der Waals surface area contributed by atoms with Crippen LogP contribution in [-0.2, 0) is 0 Å². The van der Waals surface area contributed by atoms with Crippen LogP contribution in [0.5, 0.6) is 0 Å². The van der Waals surface area contributed by atoms with Crippen LogP contribution in [0.25, 0.3) is 0 Å². The Kier molecular flexibility index (Phi) is 4.11. The lowest BCUT2D eigenvalue weighted by Gasteiger charge is -2.11. The minimum atomic E-state index is -0.262. The smallest absolute Gasteiger partial charge is 0.251 e. The number of aliphatic hydroxyl groups is 1. The van der Waals surface area contributed by atoms with Crippen LogP contribution in [0.2, 0.25) is 0 Å². The van der Waals surface area contributed by atoms with E-state index in [-0.39, 0.29) is 18.6 Å². The molecule has 1 aromatic carbocycles. The van der Waals surface area contributed by atoms with E-state index in [2.05, 4.69) is 21.2 Å². The molecule has 1 rings (SSSR count). The molecular formula is C10H13BrN2O2. The number of rotatable bonds is 3. The van der Waals surface area contributed by atoms with E-state index in [1.165, 1.54) is 0 Å². The summed E-state index contributed by atoms with van der Waals surface area (Å²) in [6.45, 7) is 1.64. The number of nitrogens with one attached hydrogen (secondary N) is 1. The minimum Gasteiger partial charge on any atom is -0.398 e. The number of aliphatic hydroxyl groups excluding tert-OH is 1. The molecular weight excluding hydrogens is 260 g/mol. The Morgan fingerprint density at radius 2 is 2.33 bits per heavy atom. The third-order valence-electron chi connectivity index (χ3n) is 1.91. The average Bonchev–Trinajstić information content (AvgIpc) is 2.21. The fourth-order valence-electron chi connectivity index (χ4n) is 1.04. The first-order valence-corrected chi connectivity index (χ1v) is 5.30. The van der Waals surface area contributed by atoms with Crippen molar-refractivity contribution in [3.05, 3.63) is 28.2 Å². The maximum atomic E-state index is 11.6. The van der Waals surface area contributed by atoms with Gasteiger partial charge in [-0.1, -0.05) is 0 Å². The molecule has 1 amide bonds. The number of amides is 1. The van der Waals surface area contributed by atoms with E-state index in [1.807, 2.05) is 0 Å². The molecule has 1 unspecified atom stereocenters. The molecule has 0 fully saturated rings. The molecule has 82 valence electrons. The normalized spacial score (nSPS) is 12.2. The van der Waals surface area contributed by atoms with Crippen LogP contribution >= 0.6 is 15.9 Å². The van der Waals surface area contributed by atoms with Gasteiger partial charge in [0.2, 0.25) is 0 Å². The van der Waals surface area contributed by atoms with E-state index in [0.717, 1.165) is 4.47 Å². The molecule has 5 heteroatoms. The maximum absolute atomic E-state index is 11.6. The number of nitrogens with two attached hydrogens (primary N) is 1. The lowest BCUT2D eigenvalue weighted by molar-refractivity contribution is 0.0922. The largest absolute Gasteiger partial charge is 0.398 e. The van der Waals surface area contributed by atoms with Crippen LogP contribution in [0.1, 0.15) is 17.3 Å². The molecule has 0 bridgehead atoms. The summed E-state index contributed by atoms with van der Waals surface area (Å²) in [7, 11) is 0. The van der Waals surface area contributed by atoms with E-state index in [0.29, 0.717) is 11.3 Å². The lowest BCUT2D eigenvalue weighted by Crippen LogP contribution is -2.34. The van der Waals surface area contributed by atoms with E-state index in [1.54, 1.807) is 25.1 Å². The summed E-state index contributed by atoms with van der Waals surface area (Å²) in [6, 6.07) is 4.71. The topological polar surface area (TPSA) is 75.3 Å². The molecule has 1 atom stereocenters. The number of carbonyl (C=O) groups is 1. The SMILES string of the molecule is CC(CO)NC(=O)c1ccc(Br)c(N)c1. The van der Waals surface area contributed by atoms with Gasteiger partial charge in [-0.15, -0.1) is 0 Å². The summed E-state index contributed by atoms with van der Waals surface area (Å²) in [5, 5.41) is 11.4. The number of halogens is 1. The van der Waals surface area contributed by atoms with Gasteiger partial charge < -0.3 is 16.2 Å². The Balaban J connectivity index is 2.78. The molecule has 0 aliphatic carbocycles. The van der Waals surface area contributed by atoms with Gasteiger partial charge in [0.15, 0.2) is 0 Å². The van der Waals surface area contributed by atoms with Gasteiger partial charge in [-0.25, -0.2) is 0 Å². The second-order valence-electron chi connectivity index (χ2n) is 3.29. The van der Waals surface area contributed by atoms with Crippen LogP contribution < -0.4 is 11.1 Å². The number of carbonyl (C=O) groups excluding carboxylic acids is 1. The predicted octanol–water partition coefficient (Wildman–Crippen LogP) is 1.14. The highest BCUT2D eigenvalue weighted by molar-refractivity contribution is 9.10. The van der Waals surface area contributed by atoms with Gasteiger partial charge in [0.1, 0.15) is 0 Å². The van der Waals surface area contributed by atoms with Gasteiger partial charge in [-0.3, -0.25) is 4.79 Å². The Bertz CT molecular complexity index is 368. The van der Waals surface area contributed by atoms with Crippen LogP contribution in [0.3, 0.4) is 0 Å². The van der Waals surface area contributed by atoms with Crippen molar-refractivity contribution >= 4 is 27.5 Å². The Labute approximate surface area is 96.6 Å². The minimum absolute atomic E-state index is 0.0856. The molecule has 1 aromatic rings. The molecule has 4 nitrogen and oxygen atoms in total. The van der Waals surface area contributed by atoms with Crippen molar-refractivity contribution in [1.29, 1.82) is 0 Å². The first kappa shape index (κ1) is 12.0. The summed E-state index contributed by atoms with van der Waals surface area (Å²) in [6.07, 6.45) is 0. The first-order valence-electron chi connectivity index (χ1n) is 4.51. The molecule has 0 aliphatic rings. The van der Waals surface area contributed by atoms with E-state index >= 15 is 0 Å². The zero-order chi connectivity index (χ0) is 11.4. The second-order valence-corrected chi connectivity index (χ2v) is 4.15. The molecule has 0 heterocycles. The molecule has 0 saturated carbocycles. The third-order valence-corrected chi connectivity index (χ3v) is 2.63. The quantitative estimate of drug-likeness (QED) is 0.723. The molecule has 0 saturated heterocycles. The van der Waals surface area contributed by atoms with E-state index in [9.17, 15) is 4.79 Å². The summed E-state index contributed by atoms with van der Waals surface area (Å²) < 4.78 is 0.759. The number of benzene rings is 1. The number of hydrogen-bond acceptors (Lipinski definition) is 3. The second kappa shape index (κ2) is 5.14. The molecule has 15 heavy (non-hydrogen) atoms. The number of hydrogen-bond donors (Lipinski definition) is 3. The van der Waals surface area contributed by atoms with E-state index in [4.69, 9.17) is 10.8 Å². The molecule has 0 radical (unpaired) electrons. The van der Waals surface area contributed by atoms with E-state index < -0.39 is 0 Å². The molecule has 4 N–H and O–H groups in total. The Hall–Kier alpha value is -1.07. The van der Waals surface area contributed by atoms with Crippen molar-refractivity contribution in [2.24, 2.45) is 0 Å². The highest BCUT2D eigenvalue weighted by Crippen LogP contribution is 2.20. The summed E-state index contributed by atoms with van der Waals surface area (Å²) in [5.41, 5.74) is 6.64. The van der Waals surface area contributed by atoms with Crippen LogP contribution in [-0.4, -0.2) is 23.7 Å². The van der Waals surface area contributed by atoms with Crippen LogP contribution in [0, 0.1) is 0 Å². The lowest BCUT2D eigenvalue weighted by atomic mass is 10.2. The zero-order valence-electron chi connectivity index (χ0n) is 8.33. The summed E-state index contributed by atoms with van der Waals surface area (Å²) in [4.78, 5) is 11.6. The summed E-state index contributed by atoms with van der Waals surface area (Å²) >= 11 is 3.25. The third kappa shape index (κ3) is 3.21. The van der Waals surface area contributed by atoms with Gasteiger partial charge >= 0.3 is 0 Å². The highest BCUT2D eigenvalue weighted by Gasteiger charge is 2.09. The van der Waals surface area contributed by atoms with Crippen molar-refractivity contribution in [1.82, 2.24) is 5.32 Å². The molecule has 0 aromatic heterocycles. The van der Waals surface area contributed by atoms with Crippen LogP contribution in [0.15, 0.2) is 22.7 Å². The van der Waals surface area contributed by atoms with Crippen molar-refractivity contribution in [2.45, 2.75) is 13.0 Å². The Morgan fingerprint density at radius 1 is 1.67 bits per heavy atom. The predicted molar refractivity (Wildman–Crippen MR) is 62.6 cm³/mol. The van der Waals surface area contributed by atoms with Gasteiger partial charge in [0.25, 0.3) is 5.91 Å². The van der Waals surface area contributed by atoms with Crippen molar-refractivity contribution in [3.8, 4) is 0 Å². The number of anilines is 1. The van der Waals surface area contributed by atoms with Crippen molar-refractivity contribution < 1.29 is 9.90 Å². The monoisotopic (exact) mass is 272 g/mol. The summed E-state index contributed by atoms with van der Waals surface area (Å²) in [5.74, 6) is -0.240. The van der Waals surface area contributed by atoms with Crippen molar-refractivity contribution in [2.75, 3.05) is 12.3 Å². The van der Waals surface area contributed by atoms with Crippen molar-refractivity contribution in [3.63, 3.8) is 0 Å².